The van der Waals surface area contributed by atoms with Crippen LogP contribution >= 0.6 is 24.0 Å². The molecule has 2 heterocycles. The molecule has 0 aliphatic carbocycles. The Labute approximate surface area is 192 Å². The van der Waals surface area contributed by atoms with Crippen LogP contribution < -0.4 is 10.2 Å². The second-order valence-electron chi connectivity index (χ2n) is 7.46. The summed E-state index contributed by atoms with van der Waals surface area (Å²) in [6.45, 7) is 7.42. The third kappa shape index (κ3) is 6.92. The molecule has 0 amide bonds. The Morgan fingerprint density at radius 3 is 2.41 bits per heavy atom. The van der Waals surface area contributed by atoms with Crippen molar-refractivity contribution in [2.75, 3.05) is 58.3 Å². The van der Waals surface area contributed by atoms with E-state index in [2.05, 4.69) is 92.3 Å². The summed E-state index contributed by atoms with van der Waals surface area (Å²) in [5.74, 6) is 0.954. The van der Waals surface area contributed by atoms with E-state index in [-0.39, 0.29) is 24.0 Å². The summed E-state index contributed by atoms with van der Waals surface area (Å²) in [7, 11) is 6.02. The first-order chi connectivity index (χ1) is 13.7. The minimum absolute atomic E-state index is 0. The van der Waals surface area contributed by atoms with Crippen LogP contribution in [-0.4, -0.2) is 73.7 Å². The highest BCUT2D eigenvalue weighted by atomic mass is 127. The highest BCUT2D eigenvalue weighted by Gasteiger charge is 2.16. The normalized spacial score (nSPS) is 15.1. The van der Waals surface area contributed by atoms with Gasteiger partial charge in [-0.2, -0.15) is 0 Å². The van der Waals surface area contributed by atoms with Crippen LogP contribution in [0.3, 0.4) is 0 Å². The molecule has 3 rings (SSSR count). The lowest BCUT2D eigenvalue weighted by molar-refractivity contribution is 0.255. The zero-order chi connectivity index (χ0) is 19.8. The molecule has 1 aliphatic rings. The molecule has 1 aromatic heterocycles. The van der Waals surface area contributed by atoms with Gasteiger partial charge in [0.05, 0.1) is 6.54 Å². The lowest BCUT2D eigenvalue weighted by atomic mass is 10.2. The Kier molecular flexibility index (Phi) is 9.80. The van der Waals surface area contributed by atoms with Crippen LogP contribution in [0.4, 0.5) is 5.69 Å². The molecule has 0 radical (unpaired) electrons. The van der Waals surface area contributed by atoms with E-state index in [1.165, 1.54) is 11.4 Å². The average molecular weight is 510 g/mol. The number of piperazine rings is 1. The predicted molar refractivity (Wildman–Crippen MR) is 133 cm³/mol. The maximum absolute atomic E-state index is 4.43. The van der Waals surface area contributed by atoms with Crippen LogP contribution in [-0.2, 0) is 13.6 Å². The first kappa shape index (κ1) is 23.5. The molecule has 6 nitrogen and oxygen atoms in total. The third-order valence-electron chi connectivity index (χ3n) is 5.45. The Balaban J connectivity index is 0.00000300. The molecule has 7 heteroatoms. The number of rotatable bonds is 7. The number of nitrogens with zero attached hydrogens (tertiary/aromatic N) is 5. The van der Waals surface area contributed by atoms with Gasteiger partial charge in [0.2, 0.25) is 0 Å². The van der Waals surface area contributed by atoms with Gasteiger partial charge in [-0.3, -0.25) is 9.89 Å². The van der Waals surface area contributed by atoms with E-state index in [4.69, 9.17) is 0 Å². The van der Waals surface area contributed by atoms with Crippen molar-refractivity contribution in [2.45, 2.75) is 13.0 Å². The summed E-state index contributed by atoms with van der Waals surface area (Å²) in [4.78, 5) is 11.7. The first-order valence-electron chi connectivity index (χ1n) is 10.2. The van der Waals surface area contributed by atoms with Gasteiger partial charge in [0.1, 0.15) is 0 Å². The van der Waals surface area contributed by atoms with E-state index < -0.39 is 0 Å². The zero-order valence-electron chi connectivity index (χ0n) is 17.9. The maximum atomic E-state index is 4.43. The van der Waals surface area contributed by atoms with Crippen molar-refractivity contribution in [3.05, 3.63) is 54.4 Å². The highest BCUT2D eigenvalue weighted by molar-refractivity contribution is 14.0. The number of anilines is 1. The Bertz CT molecular complexity index is 737. The fraction of sp³-hybridized carbons (Fsp3) is 0.500. The zero-order valence-corrected chi connectivity index (χ0v) is 20.3. The van der Waals surface area contributed by atoms with E-state index in [0.29, 0.717) is 0 Å². The molecule has 0 atom stereocenters. The number of aromatic nitrogens is 1. The van der Waals surface area contributed by atoms with Crippen LogP contribution in [0.2, 0.25) is 0 Å². The highest BCUT2D eigenvalue weighted by Crippen LogP contribution is 2.15. The van der Waals surface area contributed by atoms with Crippen LogP contribution in [0.25, 0.3) is 0 Å². The minimum atomic E-state index is 0. The fourth-order valence-corrected chi connectivity index (χ4v) is 3.73. The molecule has 1 aromatic carbocycles. The molecule has 0 saturated carbocycles. The van der Waals surface area contributed by atoms with Gasteiger partial charge in [-0.05, 0) is 37.2 Å². The van der Waals surface area contributed by atoms with Gasteiger partial charge in [-0.1, -0.05) is 18.2 Å². The SMILES string of the molecule is CN=C(NCCCN1CCN(c2ccccc2)CC1)N(C)Cc1cccn1C.I. The Morgan fingerprint density at radius 2 is 1.79 bits per heavy atom. The van der Waals surface area contributed by atoms with Crippen LogP contribution in [0, 0.1) is 0 Å². The quantitative estimate of drug-likeness (QED) is 0.269. The smallest absolute Gasteiger partial charge is 0.193 e. The van der Waals surface area contributed by atoms with E-state index in [1.807, 2.05) is 7.05 Å². The van der Waals surface area contributed by atoms with Crippen molar-refractivity contribution in [3.63, 3.8) is 0 Å². The topological polar surface area (TPSA) is 39.0 Å². The van der Waals surface area contributed by atoms with Gasteiger partial charge in [0.25, 0.3) is 0 Å². The number of aryl methyl sites for hydroxylation is 1. The molecular weight excluding hydrogens is 475 g/mol. The number of guanidine groups is 1. The van der Waals surface area contributed by atoms with Crippen molar-refractivity contribution < 1.29 is 0 Å². The van der Waals surface area contributed by atoms with E-state index in [9.17, 15) is 0 Å². The first-order valence-corrected chi connectivity index (χ1v) is 10.2. The van der Waals surface area contributed by atoms with Crippen molar-refractivity contribution >= 4 is 35.6 Å². The largest absolute Gasteiger partial charge is 0.369 e. The number of benzene rings is 1. The molecule has 1 fully saturated rings. The molecular formula is C22H35IN6. The average Bonchev–Trinajstić information content (AvgIpc) is 3.13. The number of hydrogen-bond donors (Lipinski definition) is 1. The molecule has 0 spiro atoms. The minimum Gasteiger partial charge on any atom is -0.369 e. The van der Waals surface area contributed by atoms with Crippen molar-refractivity contribution in [3.8, 4) is 0 Å². The van der Waals surface area contributed by atoms with Gasteiger partial charge >= 0.3 is 0 Å². The second-order valence-corrected chi connectivity index (χ2v) is 7.46. The number of hydrogen-bond acceptors (Lipinski definition) is 3. The molecule has 1 aliphatic heterocycles. The maximum Gasteiger partial charge on any atom is 0.193 e. The standard InChI is InChI=1S/C22H34N6.HI/c1-23-22(26(3)19-21-11-7-13-25(21)2)24-12-8-14-27-15-17-28(18-16-27)20-9-5-4-6-10-20;/h4-7,9-11,13H,8,12,14-19H2,1-3H3,(H,23,24);1H. The van der Waals surface area contributed by atoms with Crippen molar-refractivity contribution in [2.24, 2.45) is 12.0 Å². The van der Waals surface area contributed by atoms with Crippen molar-refractivity contribution in [1.29, 1.82) is 0 Å². The fourth-order valence-electron chi connectivity index (χ4n) is 3.73. The summed E-state index contributed by atoms with van der Waals surface area (Å²) < 4.78 is 2.15. The van der Waals surface area contributed by atoms with Crippen LogP contribution in [0.5, 0.6) is 0 Å². The summed E-state index contributed by atoms with van der Waals surface area (Å²) in [5, 5.41) is 3.50. The van der Waals surface area contributed by atoms with Gasteiger partial charge < -0.3 is 19.7 Å². The molecule has 2 aromatic rings. The van der Waals surface area contributed by atoms with Gasteiger partial charge in [-0.25, -0.2) is 0 Å². The van der Waals surface area contributed by atoms with E-state index in [1.54, 1.807) is 0 Å². The van der Waals surface area contributed by atoms with Gasteiger partial charge in [0, 0.05) is 71.4 Å². The number of halogens is 1. The summed E-state index contributed by atoms with van der Waals surface area (Å²) in [5.41, 5.74) is 2.62. The van der Waals surface area contributed by atoms with E-state index in [0.717, 1.165) is 58.2 Å². The van der Waals surface area contributed by atoms with Crippen molar-refractivity contribution in [1.82, 2.24) is 19.7 Å². The lowest BCUT2D eigenvalue weighted by Gasteiger charge is -2.36. The second kappa shape index (κ2) is 12.1. The molecule has 1 saturated heterocycles. The molecule has 29 heavy (non-hydrogen) atoms. The molecule has 0 bridgehead atoms. The third-order valence-corrected chi connectivity index (χ3v) is 5.45. The van der Waals surface area contributed by atoms with Gasteiger partial charge in [0.15, 0.2) is 5.96 Å². The number of nitrogens with one attached hydrogen (secondary N) is 1. The van der Waals surface area contributed by atoms with Crippen LogP contribution in [0.15, 0.2) is 53.7 Å². The summed E-state index contributed by atoms with van der Waals surface area (Å²) in [6.07, 6.45) is 3.21. The van der Waals surface area contributed by atoms with Gasteiger partial charge in [-0.15, -0.1) is 24.0 Å². The molecule has 1 N–H and O–H groups in total. The monoisotopic (exact) mass is 510 g/mol. The Morgan fingerprint density at radius 1 is 1.07 bits per heavy atom. The molecule has 0 unspecified atom stereocenters. The summed E-state index contributed by atoms with van der Waals surface area (Å²) in [6, 6.07) is 15.0. The van der Waals surface area contributed by atoms with Crippen LogP contribution in [0.1, 0.15) is 12.1 Å². The lowest BCUT2D eigenvalue weighted by Crippen LogP contribution is -2.47. The number of aliphatic imine (C=N–C) groups is 1. The predicted octanol–water partition coefficient (Wildman–Crippen LogP) is 2.86. The Hall–Kier alpha value is -1.74. The van der Waals surface area contributed by atoms with E-state index >= 15 is 0 Å². The summed E-state index contributed by atoms with van der Waals surface area (Å²) >= 11 is 0. The molecule has 160 valence electrons. The number of para-hydroxylation sites is 1.